The van der Waals surface area contributed by atoms with Crippen LogP contribution in [0.4, 0.5) is 0 Å². The molecule has 1 rings (SSSR count). The molecule has 0 aliphatic heterocycles. The van der Waals surface area contributed by atoms with Gasteiger partial charge in [-0.2, -0.15) is 0 Å². The average Bonchev–Trinajstić information content (AvgIpc) is 2.05. The van der Waals surface area contributed by atoms with Gasteiger partial charge in [-0.15, -0.1) is 0 Å². The lowest BCUT2D eigenvalue weighted by Gasteiger charge is -2.05. The number of halogens is 1. The van der Waals surface area contributed by atoms with E-state index in [2.05, 4.69) is 29.5 Å². The van der Waals surface area contributed by atoms with Gasteiger partial charge in [-0.1, -0.05) is 41.6 Å². The number of alkyl halides is 1. The van der Waals surface area contributed by atoms with Gasteiger partial charge in [-0.3, -0.25) is 0 Å². The van der Waals surface area contributed by atoms with Gasteiger partial charge >= 0.3 is 0 Å². The van der Waals surface area contributed by atoms with Gasteiger partial charge < -0.3 is 5.11 Å². The Labute approximate surface area is 80.6 Å². The Morgan fingerprint density at radius 2 is 1.91 bits per heavy atom. The Hall–Kier alpha value is -0.250. The Balaban J connectivity index is 2.81. The Kier molecular flexibility index (Phi) is 3.17. The average molecular weight is 262 g/mol. The second kappa shape index (κ2) is 3.95. The maximum atomic E-state index is 9.01. The third kappa shape index (κ3) is 2.36. The van der Waals surface area contributed by atoms with Crippen molar-refractivity contribution in [2.45, 2.75) is 17.3 Å². The highest BCUT2D eigenvalue weighted by molar-refractivity contribution is 14.1. The molecule has 1 aromatic carbocycles. The molecule has 11 heavy (non-hydrogen) atoms. The summed E-state index contributed by atoms with van der Waals surface area (Å²) in [5, 5.41) is 9.01. The van der Waals surface area contributed by atoms with E-state index in [4.69, 9.17) is 5.11 Å². The van der Waals surface area contributed by atoms with Crippen LogP contribution < -0.4 is 0 Å². The molecule has 0 saturated carbocycles. The maximum Gasteiger partial charge on any atom is 0.115 e. The van der Waals surface area contributed by atoms with E-state index in [1.54, 1.807) is 12.1 Å². The van der Waals surface area contributed by atoms with Crippen LogP contribution in [0.25, 0.3) is 0 Å². The van der Waals surface area contributed by atoms with Crippen LogP contribution in [0.3, 0.4) is 0 Å². The summed E-state index contributed by atoms with van der Waals surface area (Å²) >= 11 is 2.40. The van der Waals surface area contributed by atoms with Crippen molar-refractivity contribution in [2.24, 2.45) is 0 Å². The summed E-state index contributed by atoms with van der Waals surface area (Å²) in [5.41, 5.74) is 1.28. The zero-order chi connectivity index (χ0) is 8.27. The Bertz CT molecular complexity index is 218. The van der Waals surface area contributed by atoms with E-state index in [1.165, 1.54) is 5.56 Å². The van der Waals surface area contributed by atoms with Crippen LogP contribution in [0, 0.1) is 0 Å². The van der Waals surface area contributed by atoms with E-state index in [-0.39, 0.29) is 0 Å². The highest BCUT2D eigenvalue weighted by Crippen LogP contribution is 2.27. The minimum absolute atomic E-state index is 0.341. The molecule has 1 nitrogen and oxygen atoms in total. The summed E-state index contributed by atoms with van der Waals surface area (Å²) in [5.74, 6) is 0.341. The summed E-state index contributed by atoms with van der Waals surface area (Å²) in [6.07, 6.45) is 1.13. The van der Waals surface area contributed by atoms with Crippen LogP contribution in [-0.4, -0.2) is 5.11 Å². The minimum atomic E-state index is 0.341. The van der Waals surface area contributed by atoms with E-state index < -0.39 is 0 Å². The maximum absolute atomic E-state index is 9.01. The SMILES string of the molecule is CC[C@@H](I)c1ccc(O)cc1. The van der Waals surface area contributed by atoms with Crippen LogP contribution >= 0.6 is 22.6 Å². The van der Waals surface area contributed by atoms with Gasteiger partial charge in [0.2, 0.25) is 0 Å². The molecule has 0 aromatic heterocycles. The Morgan fingerprint density at radius 3 is 2.36 bits per heavy atom. The van der Waals surface area contributed by atoms with Crippen LogP contribution in [0.15, 0.2) is 24.3 Å². The van der Waals surface area contributed by atoms with E-state index in [1.807, 2.05) is 12.1 Å². The van der Waals surface area contributed by atoms with Gasteiger partial charge in [0.25, 0.3) is 0 Å². The molecule has 0 heterocycles. The lowest BCUT2D eigenvalue weighted by Crippen LogP contribution is -1.85. The smallest absolute Gasteiger partial charge is 0.115 e. The lowest BCUT2D eigenvalue weighted by atomic mass is 10.1. The number of rotatable bonds is 2. The molecule has 2 heteroatoms. The fourth-order valence-electron chi connectivity index (χ4n) is 0.919. The molecule has 0 aliphatic rings. The third-order valence-electron chi connectivity index (χ3n) is 1.61. The van der Waals surface area contributed by atoms with E-state index >= 15 is 0 Å². The number of hydrogen-bond acceptors (Lipinski definition) is 1. The summed E-state index contributed by atoms with van der Waals surface area (Å²) in [6, 6.07) is 7.40. The molecule has 60 valence electrons. The first kappa shape index (κ1) is 8.84. The van der Waals surface area contributed by atoms with Crippen molar-refractivity contribution in [3.05, 3.63) is 29.8 Å². The van der Waals surface area contributed by atoms with Crippen molar-refractivity contribution >= 4 is 22.6 Å². The van der Waals surface area contributed by atoms with Crippen molar-refractivity contribution < 1.29 is 5.11 Å². The molecule has 0 fully saturated rings. The molecule has 0 unspecified atom stereocenters. The highest BCUT2D eigenvalue weighted by Gasteiger charge is 2.02. The van der Waals surface area contributed by atoms with Crippen LogP contribution in [0.2, 0.25) is 0 Å². The van der Waals surface area contributed by atoms with Crippen molar-refractivity contribution in [1.82, 2.24) is 0 Å². The van der Waals surface area contributed by atoms with E-state index in [0.717, 1.165) is 6.42 Å². The highest BCUT2D eigenvalue weighted by atomic mass is 127. The topological polar surface area (TPSA) is 20.2 Å². The van der Waals surface area contributed by atoms with E-state index in [0.29, 0.717) is 9.67 Å². The number of hydrogen-bond donors (Lipinski definition) is 1. The first-order valence-corrected chi connectivity index (χ1v) is 4.91. The molecular formula is C9H11IO. The van der Waals surface area contributed by atoms with Gasteiger partial charge in [0.15, 0.2) is 0 Å². The molecule has 1 aromatic rings. The van der Waals surface area contributed by atoms with Crippen molar-refractivity contribution in [3.8, 4) is 5.75 Å². The molecule has 0 radical (unpaired) electrons. The number of benzene rings is 1. The largest absolute Gasteiger partial charge is 0.508 e. The standard InChI is InChI=1S/C9H11IO/c1-2-9(10)7-3-5-8(11)6-4-7/h3-6,9,11H,2H2,1H3/t9-/m1/s1. The Morgan fingerprint density at radius 1 is 1.36 bits per heavy atom. The van der Waals surface area contributed by atoms with Gasteiger partial charge in [0, 0.05) is 3.92 Å². The van der Waals surface area contributed by atoms with Crippen LogP contribution in [0.1, 0.15) is 22.8 Å². The summed E-state index contributed by atoms with van der Waals surface area (Å²) in [7, 11) is 0. The fourth-order valence-corrected chi connectivity index (χ4v) is 1.33. The molecule has 0 aliphatic carbocycles. The van der Waals surface area contributed by atoms with Gasteiger partial charge in [-0.25, -0.2) is 0 Å². The monoisotopic (exact) mass is 262 g/mol. The number of aromatic hydroxyl groups is 1. The molecule has 1 atom stereocenters. The minimum Gasteiger partial charge on any atom is -0.508 e. The molecular weight excluding hydrogens is 251 g/mol. The first-order chi connectivity index (χ1) is 5.24. The predicted octanol–water partition coefficient (Wildman–Crippen LogP) is 3.28. The molecule has 0 bridgehead atoms. The number of phenols is 1. The van der Waals surface area contributed by atoms with Gasteiger partial charge in [-0.05, 0) is 24.1 Å². The molecule has 1 N–H and O–H groups in total. The lowest BCUT2D eigenvalue weighted by molar-refractivity contribution is 0.475. The fraction of sp³-hybridized carbons (Fsp3) is 0.333. The van der Waals surface area contributed by atoms with Gasteiger partial charge in [0.05, 0.1) is 0 Å². The third-order valence-corrected chi connectivity index (χ3v) is 3.21. The van der Waals surface area contributed by atoms with Crippen molar-refractivity contribution in [3.63, 3.8) is 0 Å². The van der Waals surface area contributed by atoms with Crippen molar-refractivity contribution in [2.75, 3.05) is 0 Å². The predicted molar refractivity (Wildman–Crippen MR) is 55.2 cm³/mol. The van der Waals surface area contributed by atoms with Crippen molar-refractivity contribution in [1.29, 1.82) is 0 Å². The quantitative estimate of drug-likeness (QED) is 0.640. The normalized spacial score (nSPS) is 12.9. The first-order valence-electron chi connectivity index (χ1n) is 3.67. The zero-order valence-electron chi connectivity index (χ0n) is 6.42. The van der Waals surface area contributed by atoms with E-state index in [9.17, 15) is 0 Å². The molecule has 0 spiro atoms. The van der Waals surface area contributed by atoms with Gasteiger partial charge in [0.1, 0.15) is 5.75 Å². The number of phenolic OH excluding ortho intramolecular Hbond substituents is 1. The van der Waals surface area contributed by atoms with Crippen LogP contribution in [0.5, 0.6) is 5.75 Å². The molecule has 0 amide bonds. The summed E-state index contributed by atoms with van der Waals surface area (Å²) < 4.78 is 0.563. The second-order valence-corrected chi connectivity index (χ2v) is 3.97. The molecule has 0 saturated heterocycles. The zero-order valence-corrected chi connectivity index (χ0v) is 8.58. The second-order valence-electron chi connectivity index (χ2n) is 2.47. The summed E-state index contributed by atoms with van der Waals surface area (Å²) in [4.78, 5) is 0. The summed E-state index contributed by atoms with van der Waals surface area (Å²) in [6.45, 7) is 2.16. The van der Waals surface area contributed by atoms with Crippen LogP contribution in [-0.2, 0) is 0 Å².